The number of imidazole rings is 1. The SMILES string of the molecule is CCCCCN1C(=O)C(C)(C)c2cc3[nH]c(NC(=O)c4ccccn4)nc3cc21. The lowest BCUT2D eigenvalue weighted by molar-refractivity contribution is -0.122. The van der Waals surface area contributed by atoms with Gasteiger partial charge in [0.25, 0.3) is 5.91 Å². The molecule has 1 aliphatic heterocycles. The average Bonchev–Trinajstić information content (AvgIpc) is 3.18. The van der Waals surface area contributed by atoms with E-state index in [-0.39, 0.29) is 11.8 Å². The number of anilines is 2. The van der Waals surface area contributed by atoms with Gasteiger partial charge in [0.2, 0.25) is 11.9 Å². The third-order valence-corrected chi connectivity index (χ3v) is 5.46. The highest BCUT2D eigenvalue weighted by Gasteiger charge is 2.44. The Morgan fingerprint density at radius 3 is 2.79 bits per heavy atom. The molecule has 0 aliphatic carbocycles. The van der Waals surface area contributed by atoms with Crippen molar-refractivity contribution < 1.29 is 9.59 Å². The summed E-state index contributed by atoms with van der Waals surface area (Å²) in [5, 5.41) is 2.76. The van der Waals surface area contributed by atoms with Crippen LogP contribution in [-0.2, 0) is 10.2 Å². The number of benzene rings is 1. The van der Waals surface area contributed by atoms with Gasteiger partial charge in [-0.3, -0.25) is 19.9 Å². The maximum atomic E-state index is 13.0. The van der Waals surface area contributed by atoms with Crippen molar-refractivity contribution in [1.29, 1.82) is 0 Å². The summed E-state index contributed by atoms with van der Waals surface area (Å²) in [6, 6.07) is 9.09. The Balaban J connectivity index is 1.65. The van der Waals surface area contributed by atoms with Crippen LogP contribution in [0.1, 0.15) is 56.1 Å². The third kappa shape index (κ3) is 3.37. The molecule has 1 aliphatic rings. The highest BCUT2D eigenvalue weighted by molar-refractivity contribution is 6.09. The lowest BCUT2D eigenvalue weighted by Gasteiger charge is -2.20. The van der Waals surface area contributed by atoms with Crippen LogP contribution in [0.4, 0.5) is 11.6 Å². The molecule has 7 heteroatoms. The van der Waals surface area contributed by atoms with Crippen molar-refractivity contribution >= 4 is 34.5 Å². The zero-order valence-corrected chi connectivity index (χ0v) is 17.0. The monoisotopic (exact) mass is 391 g/mol. The van der Waals surface area contributed by atoms with Crippen LogP contribution >= 0.6 is 0 Å². The highest BCUT2D eigenvalue weighted by atomic mass is 16.2. The minimum atomic E-state index is -0.585. The number of H-pyrrole nitrogens is 1. The summed E-state index contributed by atoms with van der Waals surface area (Å²) in [7, 11) is 0. The predicted molar refractivity (Wildman–Crippen MR) is 113 cm³/mol. The molecule has 3 aromatic rings. The Bertz CT molecular complexity index is 1070. The first-order chi connectivity index (χ1) is 13.9. The van der Waals surface area contributed by atoms with Crippen LogP contribution in [0.3, 0.4) is 0 Å². The molecule has 0 fully saturated rings. The number of rotatable bonds is 6. The fraction of sp³-hybridized carbons (Fsp3) is 0.364. The molecule has 0 unspecified atom stereocenters. The molecule has 2 amide bonds. The molecule has 0 bridgehead atoms. The minimum absolute atomic E-state index is 0.125. The van der Waals surface area contributed by atoms with Crippen molar-refractivity contribution in [3.63, 3.8) is 0 Å². The van der Waals surface area contributed by atoms with Gasteiger partial charge in [-0.05, 0) is 50.1 Å². The number of pyridine rings is 1. The first-order valence-electron chi connectivity index (χ1n) is 10.0. The summed E-state index contributed by atoms with van der Waals surface area (Å²) in [5.74, 6) is 0.162. The lowest BCUT2D eigenvalue weighted by Crippen LogP contribution is -2.36. The zero-order valence-electron chi connectivity index (χ0n) is 17.0. The van der Waals surface area contributed by atoms with Gasteiger partial charge in [0.15, 0.2) is 0 Å². The number of hydrogen-bond donors (Lipinski definition) is 2. The first-order valence-corrected chi connectivity index (χ1v) is 10.0. The molecule has 4 rings (SSSR count). The molecule has 0 atom stereocenters. The van der Waals surface area contributed by atoms with Crippen LogP contribution in [0.2, 0.25) is 0 Å². The van der Waals surface area contributed by atoms with Gasteiger partial charge in [-0.2, -0.15) is 0 Å². The first kappa shape index (κ1) is 19.1. The molecule has 0 saturated carbocycles. The number of amides is 2. The van der Waals surface area contributed by atoms with E-state index in [0.717, 1.165) is 36.0 Å². The number of carbonyl (C=O) groups is 2. The Hall–Kier alpha value is -3.22. The number of aromatic amines is 1. The van der Waals surface area contributed by atoms with Gasteiger partial charge in [0, 0.05) is 12.7 Å². The summed E-state index contributed by atoms with van der Waals surface area (Å²) < 4.78 is 0. The van der Waals surface area contributed by atoms with E-state index in [2.05, 4.69) is 27.2 Å². The maximum Gasteiger partial charge on any atom is 0.276 e. The van der Waals surface area contributed by atoms with Crippen LogP contribution in [0.25, 0.3) is 11.0 Å². The van der Waals surface area contributed by atoms with Crippen molar-refractivity contribution in [3.8, 4) is 0 Å². The molecule has 150 valence electrons. The Morgan fingerprint density at radius 2 is 2.07 bits per heavy atom. The number of unbranched alkanes of at least 4 members (excludes halogenated alkanes) is 2. The average molecular weight is 391 g/mol. The van der Waals surface area contributed by atoms with Crippen LogP contribution < -0.4 is 10.2 Å². The van der Waals surface area contributed by atoms with Crippen LogP contribution in [-0.4, -0.2) is 33.3 Å². The number of carbonyl (C=O) groups excluding carboxylic acids is 2. The second-order valence-corrected chi connectivity index (χ2v) is 7.93. The van der Waals surface area contributed by atoms with E-state index in [1.807, 2.05) is 30.9 Å². The van der Waals surface area contributed by atoms with Gasteiger partial charge in [-0.1, -0.05) is 25.8 Å². The maximum absolute atomic E-state index is 13.0. The topological polar surface area (TPSA) is 91.0 Å². The second kappa shape index (κ2) is 7.31. The normalized spacial score (nSPS) is 15.0. The summed E-state index contributed by atoms with van der Waals surface area (Å²) in [5.41, 5.74) is 3.14. The fourth-order valence-corrected chi connectivity index (χ4v) is 3.80. The largest absolute Gasteiger partial charge is 0.324 e. The standard InChI is InChI=1S/C22H25N5O2/c1-4-5-8-11-27-18-13-17-16(12-14(18)22(2,3)20(27)29)24-21(25-17)26-19(28)15-9-6-7-10-23-15/h6-7,9-10,12-13H,4-5,8,11H2,1-3H3,(H2,24,25,26,28). The molecule has 2 N–H and O–H groups in total. The quantitative estimate of drug-likeness (QED) is 0.621. The van der Waals surface area contributed by atoms with Gasteiger partial charge in [0.05, 0.1) is 22.1 Å². The molecular weight excluding hydrogens is 366 g/mol. The molecule has 7 nitrogen and oxygen atoms in total. The number of nitrogens with one attached hydrogen (secondary N) is 2. The van der Waals surface area contributed by atoms with Crippen molar-refractivity contribution in [2.45, 2.75) is 45.4 Å². The van der Waals surface area contributed by atoms with Crippen molar-refractivity contribution in [2.24, 2.45) is 0 Å². The van der Waals surface area contributed by atoms with E-state index in [9.17, 15) is 9.59 Å². The van der Waals surface area contributed by atoms with E-state index < -0.39 is 5.41 Å². The number of aromatic nitrogens is 3. The van der Waals surface area contributed by atoms with E-state index >= 15 is 0 Å². The number of nitrogens with zero attached hydrogens (tertiary/aromatic N) is 3. The predicted octanol–water partition coefficient (Wildman–Crippen LogP) is 4.02. The zero-order chi connectivity index (χ0) is 20.6. The molecule has 2 aromatic heterocycles. The fourth-order valence-electron chi connectivity index (χ4n) is 3.80. The van der Waals surface area contributed by atoms with Gasteiger partial charge >= 0.3 is 0 Å². The minimum Gasteiger partial charge on any atom is -0.324 e. The molecule has 0 spiro atoms. The van der Waals surface area contributed by atoms with Crippen molar-refractivity contribution in [1.82, 2.24) is 15.0 Å². The Morgan fingerprint density at radius 1 is 1.24 bits per heavy atom. The summed E-state index contributed by atoms with van der Waals surface area (Å²) in [4.78, 5) is 38.9. The van der Waals surface area contributed by atoms with E-state index in [4.69, 9.17) is 0 Å². The van der Waals surface area contributed by atoms with Gasteiger partial charge < -0.3 is 9.88 Å². The molecule has 29 heavy (non-hydrogen) atoms. The molecule has 0 radical (unpaired) electrons. The lowest BCUT2D eigenvalue weighted by atomic mass is 9.86. The summed E-state index contributed by atoms with van der Waals surface area (Å²) in [6.45, 7) is 6.78. The van der Waals surface area contributed by atoms with E-state index in [1.54, 1.807) is 24.4 Å². The van der Waals surface area contributed by atoms with Gasteiger partial charge in [-0.15, -0.1) is 0 Å². The molecular formula is C22H25N5O2. The van der Waals surface area contributed by atoms with E-state index in [1.165, 1.54) is 0 Å². The van der Waals surface area contributed by atoms with Gasteiger partial charge in [0.1, 0.15) is 5.69 Å². The Labute approximate surface area is 169 Å². The van der Waals surface area contributed by atoms with Gasteiger partial charge in [-0.25, -0.2) is 4.98 Å². The van der Waals surface area contributed by atoms with Crippen molar-refractivity contribution in [3.05, 3.63) is 47.8 Å². The van der Waals surface area contributed by atoms with Crippen LogP contribution in [0, 0.1) is 0 Å². The second-order valence-electron chi connectivity index (χ2n) is 7.93. The van der Waals surface area contributed by atoms with E-state index in [0.29, 0.717) is 23.7 Å². The Kier molecular flexibility index (Phi) is 4.82. The molecule has 1 aromatic carbocycles. The third-order valence-electron chi connectivity index (χ3n) is 5.46. The van der Waals surface area contributed by atoms with Crippen LogP contribution in [0.15, 0.2) is 36.5 Å². The smallest absolute Gasteiger partial charge is 0.276 e. The highest BCUT2D eigenvalue weighted by Crippen LogP contribution is 2.43. The summed E-state index contributed by atoms with van der Waals surface area (Å²) in [6.07, 6.45) is 4.75. The van der Waals surface area contributed by atoms with Crippen LogP contribution in [0.5, 0.6) is 0 Å². The number of hydrogen-bond acceptors (Lipinski definition) is 4. The summed E-state index contributed by atoms with van der Waals surface area (Å²) >= 11 is 0. The molecule has 0 saturated heterocycles. The van der Waals surface area contributed by atoms with Crippen molar-refractivity contribution in [2.75, 3.05) is 16.8 Å². The molecule has 3 heterocycles. The number of fused-ring (bicyclic) bond motifs is 2.